The topological polar surface area (TPSA) is 91.8 Å². The highest BCUT2D eigenvalue weighted by atomic mass is 35.5. The van der Waals surface area contributed by atoms with Crippen LogP contribution in [0.4, 0.5) is 11.6 Å². The molecule has 2 aliphatic heterocycles. The third-order valence-corrected chi connectivity index (χ3v) is 6.45. The third kappa shape index (κ3) is 3.07. The molecule has 1 aromatic carbocycles. The van der Waals surface area contributed by atoms with Gasteiger partial charge in [-0.05, 0) is 54.4 Å². The van der Waals surface area contributed by atoms with Crippen LogP contribution in [0.2, 0.25) is 5.28 Å². The van der Waals surface area contributed by atoms with E-state index < -0.39 is 0 Å². The molecule has 0 spiro atoms. The Morgan fingerprint density at radius 3 is 2.89 bits per heavy atom. The Bertz CT molecular complexity index is 1090. The fourth-order valence-corrected chi connectivity index (χ4v) is 5.16. The smallest absolute Gasteiger partial charge is 0.235 e. The average molecular weight is 413 g/mol. The number of rotatable bonds is 2. The number of pyridine rings is 1. The summed E-state index contributed by atoms with van der Waals surface area (Å²) in [5.74, 6) is 1.34. The molecule has 4 heterocycles. The van der Waals surface area contributed by atoms with Crippen LogP contribution in [0.1, 0.15) is 18.5 Å². The molecule has 5 rings (SSSR count). The first-order valence-electron chi connectivity index (χ1n) is 8.98. The molecule has 7 nitrogen and oxygen atoms in total. The summed E-state index contributed by atoms with van der Waals surface area (Å²) >= 11 is 7.46. The third-order valence-electron chi connectivity index (χ3n) is 4.91. The molecule has 2 unspecified atom stereocenters. The van der Waals surface area contributed by atoms with Crippen LogP contribution in [-0.4, -0.2) is 38.7 Å². The van der Waals surface area contributed by atoms with Crippen molar-refractivity contribution in [1.29, 1.82) is 0 Å². The summed E-state index contributed by atoms with van der Waals surface area (Å²) in [4.78, 5) is 26.4. The first kappa shape index (κ1) is 17.7. The highest BCUT2D eigenvalue weighted by Gasteiger charge is 2.41. The molecule has 0 saturated carbocycles. The number of carbonyl (C=O) groups excluding carboxylic acids is 1. The number of fused-ring (bicyclic) bond motifs is 5. The molecule has 2 aromatic heterocycles. The van der Waals surface area contributed by atoms with E-state index in [9.17, 15) is 4.79 Å². The minimum Gasteiger partial charge on any atom is -0.351 e. The zero-order chi connectivity index (χ0) is 19.3. The highest BCUT2D eigenvalue weighted by molar-refractivity contribution is 8.01. The lowest BCUT2D eigenvalue weighted by molar-refractivity contribution is -0.121. The Hall–Kier alpha value is -2.42. The SMILES string of the molecule is C[C@@H]1CNC2c3c(ccc4nc(Nc5ccnc(Cl)n5)ccc34)SC2C(=O)N1. The van der Waals surface area contributed by atoms with E-state index >= 15 is 0 Å². The first-order chi connectivity index (χ1) is 13.6. The molecular formula is C19H17ClN6OS. The van der Waals surface area contributed by atoms with Crippen molar-refractivity contribution in [2.75, 3.05) is 11.9 Å². The number of benzene rings is 1. The van der Waals surface area contributed by atoms with Crippen molar-refractivity contribution in [3.05, 3.63) is 47.4 Å². The van der Waals surface area contributed by atoms with Gasteiger partial charge in [-0.25, -0.2) is 15.0 Å². The molecule has 3 N–H and O–H groups in total. The van der Waals surface area contributed by atoms with Crippen molar-refractivity contribution in [1.82, 2.24) is 25.6 Å². The molecule has 9 heteroatoms. The van der Waals surface area contributed by atoms with Gasteiger partial charge < -0.3 is 16.0 Å². The minimum absolute atomic E-state index is 0.0186. The average Bonchev–Trinajstić information content (AvgIpc) is 2.99. The van der Waals surface area contributed by atoms with Crippen molar-refractivity contribution in [2.24, 2.45) is 0 Å². The van der Waals surface area contributed by atoms with Gasteiger partial charge in [-0.3, -0.25) is 4.79 Å². The van der Waals surface area contributed by atoms with Crippen LogP contribution < -0.4 is 16.0 Å². The number of anilines is 2. The molecule has 142 valence electrons. The Labute approximate surface area is 170 Å². The Morgan fingerprint density at radius 2 is 2.04 bits per heavy atom. The van der Waals surface area contributed by atoms with E-state index in [2.05, 4.69) is 25.9 Å². The molecule has 3 atom stereocenters. The van der Waals surface area contributed by atoms with Crippen LogP contribution in [0, 0.1) is 0 Å². The summed E-state index contributed by atoms with van der Waals surface area (Å²) in [5, 5.41) is 10.8. The molecule has 0 radical (unpaired) electrons. The van der Waals surface area contributed by atoms with Crippen LogP contribution >= 0.6 is 23.4 Å². The lowest BCUT2D eigenvalue weighted by atomic mass is 9.98. The summed E-state index contributed by atoms with van der Waals surface area (Å²) in [6.45, 7) is 2.75. The summed E-state index contributed by atoms with van der Waals surface area (Å²) in [6, 6.07) is 9.83. The maximum absolute atomic E-state index is 12.6. The second-order valence-electron chi connectivity index (χ2n) is 6.91. The number of halogens is 1. The van der Waals surface area contributed by atoms with Crippen molar-refractivity contribution in [2.45, 2.75) is 29.2 Å². The van der Waals surface area contributed by atoms with E-state index in [1.54, 1.807) is 24.0 Å². The van der Waals surface area contributed by atoms with Gasteiger partial charge in [-0.2, -0.15) is 0 Å². The van der Waals surface area contributed by atoms with Gasteiger partial charge in [0.15, 0.2) is 0 Å². The number of hydrogen-bond acceptors (Lipinski definition) is 7. The van der Waals surface area contributed by atoms with Crippen LogP contribution in [0.15, 0.2) is 41.4 Å². The molecule has 1 saturated heterocycles. The van der Waals surface area contributed by atoms with Crippen molar-refractivity contribution < 1.29 is 4.79 Å². The summed E-state index contributed by atoms with van der Waals surface area (Å²) < 4.78 is 0. The van der Waals surface area contributed by atoms with Gasteiger partial charge in [-0.1, -0.05) is 0 Å². The predicted molar refractivity (Wildman–Crippen MR) is 110 cm³/mol. The second kappa shape index (κ2) is 6.88. The fraction of sp³-hybridized carbons (Fsp3) is 0.263. The van der Waals surface area contributed by atoms with E-state index in [1.165, 1.54) is 0 Å². The van der Waals surface area contributed by atoms with E-state index in [1.807, 2.05) is 31.2 Å². The van der Waals surface area contributed by atoms with Gasteiger partial charge in [0.1, 0.15) is 16.9 Å². The zero-order valence-electron chi connectivity index (χ0n) is 14.9. The Balaban J connectivity index is 1.52. The molecule has 3 aromatic rings. The second-order valence-corrected chi connectivity index (χ2v) is 8.43. The highest BCUT2D eigenvalue weighted by Crippen LogP contribution is 2.47. The molecule has 1 amide bonds. The van der Waals surface area contributed by atoms with Crippen LogP contribution in [-0.2, 0) is 4.79 Å². The molecule has 28 heavy (non-hydrogen) atoms. The number of amides is 1. The number of nitrogens with one attached hydrogen (secondary N) is 3. The van der Waals surface area contributed by atoms with Crippen LogP contribution in [0.25, 0.3) is 10.9 Å². The normalized spacial score (nSPS) is 23.6. The number of carbonyl (C=O) groups is 1. The molecule has 2 aliphatic rings. The first-order valence-corrected chi connectivity index (χ1v) is 10.2. The van der Waals surface area contributed by atoms with Crippen molar-refractivity contribution >= 4 is 51.8 Å². The molecule has 1 fully saturated rings. The quantitative estimate of drug-likeness (QED) is 0.557. The van der Waals surface area contributed by atoms with Gasteiger partial charge in [0.2, 0.25) is 11.2 Å². The number of thioether (sulfide) groups is 1. The van der Waals surface area contributed by atoms with Gasteiger partial charge in [-0.15, -0.1) is 11.8 Å². The van der Waals surface area contributed by atoms with E-state index in [0.29, 0.717) is 11.6 Å². The number of aromatic nitrogens is 3. The lowest BCUT2D eigenvalue weighted by Crippen LogP contribution is -2.37. The standard InChI is InChI=1S/C19H17ClN6OS/c1-9-8-22-16-15-10-2-5-13(25-14-6-7-21-19(20)26-14)24-11(10)3-4-12(15)28-17(16)18(27)23-9/h2-7,9,16-17,22H,8H2,1H3,(H,23,27)(H,21,24,25,26)/t9-,16?,17?/m1/s1. The van der Waals surface area contributed by atoms with E-state index in [0.717, 1.165) is 27.9 Å². The Morgan fingerprint density at radius 1 is 1.18 bits per heavy atom. The van der Waals surface area contributed by atoms with Crippen LogP contribution in [0.5, 0.6) is 0 Å². The monoisotopic (exact) mass is 412 g/mol. The zero-order valence-corrected chi connectivity index (χ0v) is 16.5. The molecule has 0 aliphatic carbocycles. The van der Waals surface area contributed by atoms with E-state index in [-0.39, 0.29) is 28.5 Å². The van der Waals surface area contributed by atoms with Crippen molar-refractivity contribution in [3.63, 3.8) is 0 Å². The van der Waals surface area contributed by atoms with Gasteiger partial charge in [0.25, 0.3) is 0 Å². The van der Waals surface area contributed by atoms with Gasteiger partial charge in [0, 0.05) is 29.1 Å². The largest absolute Gasteiger partial charge is 0.351 e. The van der Waals surface area contributed by atoms with Crippen LogP contribution in [0.3, 0.4) is 0 Å². The molecular weight excluding hydrogens is 396 g/mol. The maximum atomic E-state index is 12.6. The maximum Gasteiger partial charge on any atom is 0.235 e. The fourth-order valence-electron chi connectivity index (χ4n) is 3.69. The van der Waals surface area contributed by atoms with Gasteiger partial charge >= 0.3 is 0 Å². The number of nitrogens with zero attached hydrogens (tertiary/aromatic N) is 3. The minimum atomic E-state index is -0.161. The predicted octanol–water partition coefficient (Wildman–Crippen LogP) is 3.05. The molecule has 0 bridgehead atoms. The summed E-state index contributed by atoms with van der Waals surface area (Å²) in [6.07, 6.45) is 1.59. The number of hydrogen-bond donors (Lipinski definition) is 3. The summed E-state index contributed by atoms with van der Waals surface area (Å²) in [5.41, 5.74) is 2.02. The Kier molecular flexibility index (Phi) is 4.34. The van der Waals surface area contributed by atoms with Crippen molar-refractivity contribution in [3.8, 4) is 0 Å². The van der Waals surface area contributed by atoms with E-state index in [4.69, 9.17) is 16.6 Å². The summed E-state index contributed by atoms with van der Waals surface area (Å²) in [7, 11) is 0. The lowest BCUT2D eigenvalue weighted by Gasteiger charge is -2.17. The van der Waals surface area contributed by atoms with Gasteiger partial charge in [0.05, 0.1) is 11.6 Å².